The molecule has 0 unspecified atom stereocenters. The third kappa shape index (κ3) is 5.30. The third-order valence-electron chi connectivity index (χ3n) is 3.86. The van der Waals surface area contributed by atoms with Crippen LogP contribution >= 0.6 is 23.4 Å². The van der Waals surface area contributed by atoms with Crippen molar-refractivity contribution in [1.29, 1.82) is 0 Å². The maximum absolute atomic E-state index is 12.3. The van der Waals surface area contributed by atoms with E-state index in [1.54, 1.807) is 36.4 Å². The van der Waals surface area contributed by atoms with Gasteiger partial charge in [0.1, 0.15) is 0 Å². The van der Waals surface area contributed by atoms with E-state index in [4.69, 9.17) is 26.2 Å². The lowest BCUT2D eigenvalue weighted by atomic mass is 10.2. The fraction of sp³-hybridized carbons (Fsp3) is 0.150. The molecule has 7 nitrogen and oxygen atoms in total. The van der Waals surface area contributed by atoms with Crippen LogP contribution in [0.25, 0.3) is 6.08 Å². The summed E-state index contributed by atoms with van der Waals surface area (Å²) in [5.74, 6) is -0.667. The van der Waals surface area contributed by atoms with Crippen LogP contribution in [-0.4, -0.2) is 35.9 Å². The molecule has 150 valence electrons. The molecule has 0 atom stereocenters. The minimum atomic E-state index is -1.08. The van der Waals surface area contributed by atoms with Crippen molar-refractivity contribution in [3.63, 3.8) is 0 Å². The zero-order valence-electron chi connectivity index (χ0n) is 15.6. The van der Waals surface area contributed by atoms with E-state index in [1.165, 1.54) is 18.9 Å². The number of aliphatic carboxylic acids is 1. The smallest absolute Gasteiger partial charge is 0.341 e. The molecule has 0 aliphatic carbocycles. The minimum Gasteiger partial charge on any atom is -0.493 e. The monoisotopic (exact) mass is 432 g/mol. The van der Waals surface area contributed by atoms with Gasteiger partial charge in [-0.3, -0.25) is 4.79 Å². The van der Waals surface area contributed by atoms with E-state index in [1.807, 2.05) is 13.0 Å². The fourth-order valence-corrected chi connectivity index (χ4v) is 3.44. The Kier molecular flexibility index (Phi) is 6.46. The number of carbonyl (C=O) groups excluding carboxylic acids is 1. The number of benzene rings is 2. The molecule has 0 spiro atoms. The Balaban J connectivity index is 1.79. The van der Waals surface area contributed by atoms with E-state index in [0.717, 1.165) is 5.56 Å². The van der Waals surface area contributed by atoms with Gasteiger partial charge in [0, 0.05) is 5.02 Å². The van der Waals surface area contributed by atoms with Crippen LogP contribution in [0.1, 0.15) is 11.1 Å². The number of rotatable bonds is 6. The Morgan fingerprint density at radius 3 is 2.76 bits per heavy atom. The Morgan fingerprint density at radius 1 is 1.28 bits per heavy atom. The molecule has 2 N–H and O–H groups in total. The van der Waals surface area contributed by atoms with Gasteiger partial charge in [-0.2, -0.15) is 0 Å². The number of ether oxygens (including phenoxy) is 2. The van der Waals surface area contributed by atoms with Gasteiger partial charge >= 0.3 is 5.97 Å². The predicted octanol–water partition coefficient (Wildman–Crippen LogP) is 4.01. The van der Waals surface area contributed by atoms with E-state index in [-0.39, 0.29) is 5.91 Å². The number of hydrogen-bond acceptors (Lipinski definition) is 6. The number of nitrogens with one attached hydrogen (secondary N) is 1. The molecule has 2 aromatic rings. The number of methoxy groups -OCH3 is 1. The van der Waals surface area contributed by atoms with Crippen molar-refractivity contribution < 1.29 is 24.2 Å². The Morgan fingerprint density at radius 2 is 2.07 bits per heavy atom. The first-order valence-electron chi connectivity index (χ1n) is 8.44. The quantitative estimate of drug-likeness (QED) is 0.669. The molecule has 0 radical (unpaired) electrons. The van der Waals surface area contributed by atoms with Gasteiger partial charge in [-0.25, -0.2) is 9.79 Å². The van der Waals surface area contributed by atoms with E-state index < -0.39 is 12.6 Å². The first-order valence-corrected chi connectivity index (χ1v) is 9.63. The molecule has 0 saturated carbocycles. The van der Waals surface area contributed by atoms with Crippen LogP contribution in [-0.2, 0) is 9.59 Å². The molecule has 1 aliphatic heterocycles. The zero-order valence-corrected chi connectivity index (χ0v) is 17.1. The van der Waals surface area contributed by atoms with Crippen LogP contribution in [0, 0.1) is 6.92 Å². The number of thioether (sulfide) groups is 1. The van der Waals surface area contributed by atoms with Gasteiger partial charge in [-0.1, -0.05) is 17.7 Å². The Labute approximate surface area is 176 Å². The number of nitrogens with zero attached hydrogens (tertiary/aromatic N) is 1. The Hall–Kier alpha value is -2.97. The first-order chi connectivity index (χ1) is 13.9. The van der Waals surface area contributed by atoms with Crippen LogP contribution in [0.2, 0.25) is 5.02 Å². The van der Waals surface area contributed by atoms with E-state index >= 15 is 0 Å². The second kappa shape index (κ2) is 9.02. The topological polar surface area (TPSA) is 97.2 Å². The van der Waals surface area contributed by atoms with Crippen molar-refractivity contribution in [3.8, 4) is 11.5 Å². The van der Waals surface area contributed by atoms with Gasteiger partial charge in [0.05, 0.1) is 17.7 Å². The number of aryl methyl sites for hydroxylation is 1. The maximum atomic E-state index is 12.3. The van der Waals surface area contributed by atoms with Gasteiger partial charge < -0.3 is 19.9 Å². The molecule has 0 bridgehead atoms. The van der Waals surface area contributed by atoms with Gasteiger partial charge in [0.25, 0.3) is 5.91 Å². The molecule has 29 heavy (non-hydrogen) atoms. The standard InChI is InChI=1S/C20H17ClN2O5S/c1-11-7-13(4-5-14(11)21)22-20-23-19(26)17(29-20)9-12-3-6-15(16(8-12)27-2)28-10-18(24)25/h3-9H,10H2,1-2H3,(H,24,25)(H,22,23,26)/b17-9+. The molecule has 0 aromatic heterocycles. The minimum absolute atomic E-state index is 0.260. The number of carbonyl (C=O) groups is 2. The number of carboxylic acid groups (broad SMARTS) is 1. The summed E-state index contributed by atoms with van der Waals surface area (Å²) in [6.07, 6.45) is 1.69. The van der Waals surface area contributed by atoms with Crippen molar-refractivity contribution in [2.75, 3.05) is 13.7 Å². The lowest BCUT2D eigenvalue weighted by molar-refractivity contribution is -0.139. The number of hydrogen-bond donors (Lipinski definition) is 2. The number of amides is 1. The number of halogens is 1. The summed E-state index contributed by atoms with van der Waals surface area (Å²) >= 11 is 7.24. The third-order valence-corrected chi connectivity index (χ3v) is 5.19. The molecular weight excluding hydrogens is 416 g/mol. The molecule has 9 heteroatoms. The van der Waals surface area contributed by atoms with Crippen molar-refractivity contribution in [2.45, 2.75) is 6.92 Å². The summed E-state index contributed by atoms with van der Waals surface area (Å²) in [6.45, 7) is 1.41. The van der Waals surface area contributed by atoms with E-state index in [0.29, 0.717) is 37.8 Å². The molecule has 1 saturated heterocycles. The second-order valence-corrected chi connectivity index (χ2v) is 7.45. The number of carboxylic acids is 1. The molecule has 1 amide bonds. The number of aliphatic imine (C=N–C) groups is 1. The van der Waals surface area contributed by atoms with E-state index in [9.17, 15) is 9.59 Å². The van der Waals surface area contributed by atoms with Crippen molar-refractivity contribution in [2.24, 2.45) is 4.99 Å². The lowest BCUT2D eigenvalue weighted by Gasteiger charge is -2.09. The highest BCUT2D eigenvalue weighted by Crippen LogP contribution is 2.32. The summed E-state index contributed by atoms with van der Waals surface area (Å²) in [7, 11) is 1.45. The highest BCUT2D eigenvalue weighted by molar-refractivity contribution is 8.18. The average molecular weight is 433 g/mol. The van der Waals surface area contributed by atoms with Crippen LogP contribution in [0.4, 0.5) is 5.69 Å². The fourth-order valence-electron chi connectivity index (χ4n) is 2.48. The van der Waals surface area contributed by atoms with Crippen LogP contribution in [0.5, 0.6) is 11.5 Å². The van der Waals surface area contributed by atoms with Crippen molar-refractivity contribution in [3.05, 3.63) is 57.5 Å². The van der Waals surface area contributed by atoms with Crippen LogP contribution < -0.4 is 14.8 Å². The summed E-state index contributed by atoms with van der Waals surface area (Å²) < 4.78 is 10.4. The average Bonchev–Trinajstić information content (AvgIpc) is 3.02. The molecule has 1 aliphatic rings. The predicted molar refractivity (Wildman–Crippen MR) is 113 cm³/mol. The Bertz CT molecular complexity index is 1040. The molecular formula is C20H17ClN2O5S. The lowest BCUT2D eigenvalue weighted by Crippen LogP contribution is -2.19. The summed E-state index contributed by atoms with van der Waals surface area (Å²) in [6, 6.07) is 10.3. The highest BCUT2D eigenvalue weighted by atomic mass is 35.5. The highest BCUT2D eigenvalue weighted by Gasteiger charge is 2.24. The van der Waals surface area contributed by atoms with E-state index in [2.05, 4.69) is 10.3 Å². The van der Waals surface area contributed by atoms with Gasteiger partial charge in [-0.05, 0) is 66.2 Å². The SMILES string of the molecule is COc1cc(/C=C2/SC(=Nc3ccc(Cl)c(C)c3)NC2=O)ccc1OCC(=O)O. The van der Waals surface area contributed by atoms with Gasteiger partial charge in [0.2, 0.25) is 0 Å². The van der Waals surface area contributed by atoms with Crippen molar-refractivity contribution >= 4 is 52.2 Å². The zero-order chi connectivity index (χ0) is 21.0. The summed E-state index contributed by atoms with van der Waals surface area (Å²) in [5, 5.41) is 12.6. The molecule has 1 fully saturated rings. The number of amidine groups is 1. The molecule has 1 heterocycles. The molecule has 2 aromatic carbocycles. The molecule has 3 rings (SSSR count). The normalized spacial score (nSPS) is 16.2. The summed E-state index contributed by atoms with van der Waals surface area (Å²) in [5.41, 5.74) is 2.29. The van der Waals surface area contributed by atoms with Gasteiger partial charge in [0.15, 0.2) is 23.3 Å². The maximum Gasteiger partial charge on any atom is 0.341 e. The van der Waals surface area contributed by atoms with Crippen LogP contribution in [0.3, 0.4) is 0 Å². The second-order valence-electron chi connectivity index (χ2n) is 6.01. The van der Waals surface area contributed by atoms with Gasteiger partial charge in [-0.15, -0.1) is 0 Å². The van der Waals surface area contributed by atoms with Crippen molar-refractivity contribution in [1.82, 2.24) is 5.32 Å². The summed E-state index contributed by atoms with van der Waals surface area (Å²) in [4.78, 5) is 27.8. The first kappa shape index (κ1) is 20.8. The van der Waals surface area contributed by atoms with Crippen LogP contribution in [0.15, 0.2) is 46.3 Å². The largest absolute Gasteiger partial charge is 0.493 e.